The van der Waals surface area contributed by atoms with E-state index in [1.165, 1.54) is 24.3 Å². The number of ether oxygens (including phenoxy) is 2. The molecule has 0 bridgehead atoms. The second kappa shape index (κ2) is 11.8. The van der Waals surface area contributed by atoms with E-state index in [4.69, 9.17) is 9.47 Å². The number of anilines is 1. The summed E-state index contributed by atoms with van der Waals surface area (Å²) in [5.74, 6) is 0.436. The molecular formula is C26H22BrN3O5. The summed E-state index contributed by atoms with van der Waals surface area (Å²) in [5.41, 5.74) is 3.21. The van der Waals surface area contributed by atoms with Crippen molar-refractivity contribution in [3.8, 4) is 17.6 Å². The molecule has 0 radical (unpaired) electrons. The normalized spacial score (nSPS) is 10.9. The minimum absolute atomic E-state index is 0.0552. The molecule has 0 atom stereocenters. The molecule has 3 aromatic carbocycles. The molecule has 0 aliphatic rings. The van der Waals surface area contributed by atoms with Gasteiger partial charge in [-0.05, 0) is 83.4 Å². The highest BCUT2D eigenvalue weighted by Crippen LogP contribution is 2.38. The molecule has 9 heteroatoms. The number of nitrogens with zero attached hydrogens (tertiary/aromatic N) is 2. The molecule has 0 saturated heterocycles. The first-order valence-electron chi connectivity index (χ1n) is 10.6. The Hall–Kier alpha value is -4.16. The molecule has 1 amide bonds. The number of halogens is 1. The lowest BCUT2D eigenvalue weighted by Gasteiger charge is -2.15. The van der Waals surface area contributed by atoms with Gasteiger partial charge in [0.05, 0.1) is 27.6 Å². The fourth-order valence-corrected chi connectivity index (χ4v) is 3.73. The van der Waals surface area contributed by atoms with Crippen LogP contribution >= 0.6 is 15.9 Å². The summed E-state index contributed by atoms with van der Waals surface area (Å²) >= 11 is 3.46. The van der Waals surface area contributed by atoms with Gasteiger partial charge in [0.1, 0.15) is 0 Å². The van der Waals surface area contributed by atoms with E-state index in [2.05, 4.69) is 27.3 Å². The summed E-state index contributed by atoms with van der Waals surface area (Å²) in [4.78, 5) is 22.7. The highest BCUT2D eigenvalue weighted by molar-refractivity contribution is 9.10. The van der Waals surface area contributed by atoms with Crippen molar-refractivity contribution >= 4 is 44.9 Å². The number of allylic oxidation sites excluding steroid dienone is 1. The van der Waals surface area contributed by atoms with Crippen molar-refractivity contribution < 1.29 is 19.2 Å². The van der Waals surface area contributed by atoms with Crippen LogP contribution in [-0.2, 0) is 4.79 Å². The number of carbonyl (C=O) groups is 1. The number of amides is 1. The molecule has 3 rings (SSSR count). The van der Waals surface area contributed by atoms with Gasteiger partial charge in [0, 0.05) is 17.8 Å². The van der Waals surface area contributed by atoms with Crippen LogP contribution in [0.2, 0.25) is 0 Å². The number of nitrogens with one attached hydrogen (secondary N) is 1. The Balaban J connectivity index is 1.81. The van der Waals surface area contributed by atoms with E-state index in [9.17, 15) is 20.2 Å². The zero-order chi connectivity index (χ0) is 25.4. The summed E-state index contributed by atoms with van der Waals surface area (Å²) in [6, 6.07) is 18.7. The van der Waals surface area contributed by atoms with Crippen LogP contribution in [0.3, 0.4) is 0 Å². The van der Waals surface area contributed by atoms with Gasteiger partial charge < -0.3 is 14.8 Å². The molecule has 3 aromatic rings. The number of non-ortho nitro benzene ring substituents is 1. The molecule has 0 unspecified atom stereocenters. The standard InChI is InChI=1S/C26H22BrN3O5/c1-3-34-24-14-18(12-20(15-28)19-6-10-22(11-7-19)30(32)33)13-23(27)26(24)35-16-25(31)29-21-8-4-17(2)5-9-21/h4-14H,3,16H2,1-2H3,(H,29,31)/b20-12-. The average Bonchev–Trinajstić information content (AvgIpc) is 2.83. The predicted molar refractivity (Wildman–Crippen MR) is 137 cm³/mol. The minimum atomic E-state index is -0.495. The molecule has 8 nitrogen and oxygen atoms in total. The van der Waals surface area contributed by atoms with Crippen LogP contribution in [-0.4, -0.2) is 24.0 Å². The number of hydrogen-bond donors (Lipinski definition) is 1. The van der Waals surface area contributed by atoms with E-state index in [1.807, 2.05) is 38.1 Å². The van der Waals surface area contributed by atoms with E-state index in [1.54, 1.807) is 18.2 Å². The van der Waals surface area contributed by atoms with Crippen LogP contribution in [0, 0.1) is 28.4 Å². The second-order valence-electron chi connectivity index (χ2n) is 7.44. The fraction of sp³-hybridized carbons (Fsp3) is 0.154. The first-order valence-corrected chi connectivity index (χ1v) is 11.4. The summed E-state index contributed by atoms with van der Waals surface area (Å²) < 4.78 is 12.0. The molecule has 0 aliphatic heterocycles. The smallest absolute Gasteiger partial charge is 0.269 e. The lowest BCUT2D eigenvalue weighted by atomic mass is 10.0. The van der Waals surface area contributed by atoms with E-state index in [0.29, 0.717) is 45.0 Å². The third-order valence-electron chi connectivity index (χ3n) is 4.84. The number of nitriles is 1. The SMILES string of the molecule is CCOc1cc(/C=C(/C#N)c2ccc([N+](=O)[O-])cc2)cc(Br)c1OCC(=O)Nc1ccc(C)cc1. The van der Waals surface area contributed by atoms with Gasteiger partial charge >= 0.3 is 0 Å². The van der Waals surface area contributed by atoms with Crippen LogP contribution < -0.4 is 14.8 Å². The van der Waals surface area contributed by atoms with E-state index in [0.717, 1.165) is 5.56 Å². The number of benzene rings is 3. The van der Waals surface area contributed by atoms with Crippen molar-refractivity contribution in [3.63, 3.8) is 0 Å². The van der Waals surface area contributed by atoms with Crippen molar-refractivity contribution in [1.82, 2.24) is 0 Å². The molecular weight excluding hydrogens is 514 g/mol. The van der Waals surface area contributed by atoms with Crippen LogP contribution in [0.1, 0.15) is 23.6 Å². The van der Waals surface area contributed by atoms with Gasteiger partial charge in [0.15, 0.2) is 18.1 Å². The molecule has 0 aliphatic carbocycles. The lowest BCUT2D eigenvalue weighted by Crippen LogP contribution is -2.20. The van der Waals surface area contributed by atoms with Crippen LogP contribution in [0.4, 0.5) is 11.4 Å². The minimum Gasteiger partial charge on any atom is -0.490 e. The number of aryl methyl sites for hydroxylation is 1. The van der Waals surface area contributed by atoms with Crippen molar-refractivity contribution in [2.24, 2.45) is 0 Å². The van der Waals surface area contributed by atoms with E-state index < -0.39 is 4.92 Å². The Labute approximate surface area is 211 Å². The molecule has 0 aromatic heterocycles. The van der Waals surface area contributed by atoms with Gasteiger partial charge in [0.2, 0.25) is 0 Å². The molecule has 0 fully saturated rings. The Morgan fingerprint density at radius 2 is 1.83 bits per heavy atom. The molecule has 0 spiro atoms. The van der Waals surface area contributed by atoms with E-state index in [-0.39, 0.29) is 18.2 Å². The number of rotatable bonds is 9. The average molecular weight is 536 g/mol. The molecule has 178 valence electrons. The quantitative estimate of drug-likeness (QED) is 0.152. The topological polar surface area (TPSA) is 114 Å². The van der Waals surface area contributed by atoms with Gasteiger partial charge in [-0.25, -0.2) is 0 Å². The fourth-order valence-electron chi connectivity index (χ4n) is 3.16. The monoisotopic (exact) mass is 535 g/mol. The number of nitro groups is 1. The third-order valence-corrected chi connectivity index (χ3v) is 5.42. The van der Waals surface area contributed by atoms with Crippen molar-refractivity contribution in [3.05, 3.63) is 91.9 Å². The highest BCUT2D eigenvalue weighted by atomic mass is 79.9. The molecule has 1 N–H and O–H groups in total. The molecule has 0 saturated carbocycles. The Kier molecular flexibility index (Phi) is 8.59. The summed E-state index contributed by atoms with van der Waals surface area (Å²) in [7, 11) is 0. The van der Waals surface area contributed by atoms with Crippen molar-refractivity contribution in [2.45, 2.75) is 13.8 Å². The zero-order valence-electron chi connectivity index (χ0n) is 19.1. The Bertz CT molecular complexity index is 1300. The molecule has 0 heterocycles. The maximum atomic E-state index is 12.3. The predicted octanol–water partition coefficient (Wildman–Crippen LogP) is 6.15. The maximum absolute atomic E-state index is 12.3. The number of nitro benzene ring substituents is 1. The summed E-state index contributed by atoms with van der Waals surface area (Å²) in [6.07, 6.45) is 1.64. The van der Waals surface area contributed by atoms with Crippen molar-refractivity contribution in [1.29, 1.82) is 5.26 Å². The Morgan fingerprint density at radius 1 is 1.14 bits per heavy atom. The first-order chi connectivity index (χ1) is 16.8. The van der Waals surface area contributed by atoms with Crippen LogP contribution in [0.5, 0.6) is 11.5 Å². The maximum Gasteiger partial charge on any atom is 0.269 e. The first kappa shape index (κ1) is 25.5. The largest absolute Gasteiger partial charge is 0.490 e. The van der Waals surface area contributed by atoms with Crippen LogP contribution in [0.15, 0.2) is 65.1 Å². The van der Waals surface area contributed by atoms with Gasteiger partial charge in [0.25, 0.3) is 11.6 Å². The summed E-state index contributed by atoms with van der Waals surface area (Å²) in [6.45, 7) is 3.92. The van der Waals surface area contributed by atoms with Gasteiger partial charge in [-0.2, -0.15) is 5.26 Å². The Morgan fingerprint density at radius 3 is 2.43 bits per heavy atom. The number of hydrogen-bond acceptors (Lipinski definition) is 6. The van der Waals surface area contributed by atoms with Gasteiger partial charge in [-0.3, -0.25) is 14.9 Å². The second-order valence-corrected chi connectivity index (χ2v) is 8.29. The summed E-state index contributed by atoms with van der Waals surface area (Å²) in [5, 5.41) is 23.3. The lowest BCUT2D eigenvalue weighted by molar-refractivity contribution is -0.384. The highest BCUT2D eigenvalue weighted by Gasteiger charge is 2.15. The van der Waals surface area contributed by atoms with E-state index >= 15 is 0 Å². The van der Waals surface area contributed by atoms with Gasteiger partial charge in [-0.1, -0.05) is 17.7 Å². The van der Waals surface area contributed by atoms with Crippen LogP contribution in [0.25, 0.3) is 11.6 Å². The molecule has 35 heavy (non-hydrogen) atoms. The third kappa shape index (κ3) is 6.91. The van der Waals surface area contributed by atoms with Gasteiger partial charge in [-0.15, -0.1) is 0 Å². The number of carbonyl (C=O) groups excluding carboxylic acids is 1. The van der Waals surface area contributed by atoms with Crippen molar-refractivity contribution in [2.75, 3.05) is 18.5 Å². The zero-order valence-corrected chi connectivity index (χ0v) is 20.7.